The van der Waals surface area contributed by atoms with Crippen molar-refractivity contribution in [2.45, 2.75) is 43.7 Å². The third kappa shape index (κ3) is 6.54. The molecule has 1 amide bonds. The Kier molecular flexibility index (Phi) is 9.24. The van der Waals surface area contributed by atoms with E-state index in [1.807, 2.05) is 6.07 Å². The number of nitrogens with zero attached hydrogens (tertiary/aromatic N) is 6. The number of halogens is 3. The van der Waals surface area contributed by atoms with E-state index in [-0.39, 0.29) is 46.6 Å². The highest BCUT2D eigenvalue weighted by Gasteiger charge is 2.56. The van der Waals surface area contributed by atoms with Crippen LogP contribution in [0.1, 0.15) is 78.4 Å². The van der Waals surface area contributed by atoms with E-state index in [0.29, 0.717) is 29.0 Å². The number of carbonyl (C=O) groups excluding carboxylic acids is 3. The molecule has 3 aromatic carbocycles. The van der Waals surface area contributed by atoms with Gasteiger partial charge in [0.15, 0.2) is 5.78 Å². The minimum absolute atomic E-state index is 0.0464. The normalized spacial score (nSPS) is 19.5. The van der Waals surface area contributed by atoms with Gasteiger partial charge >= 0.3 is 5.97 Å². The fraction of sp³-hybridized carbons (Fsp3) is 0.216. The summed E-state index contributed by atoms with van der Waals surface area (Å²) in [4.78, 5) is 50.9. The predicted octanol–water partition coefficient (Wildman–Crippen LogP) is 6.52. The molecule has 2 aromatic heterocycles. The lowest BCUT2D eigenvalue weighted by Gasteiger charge is -2.41. The van der Waals surface area contributed by atoms with Crippen LogP contribution in [0, 0.1) is 17.1 Å². The molecule has 0 spiro atoms. The van der Waals surface area contributed by atoms with Crippen molar-refractivity contribution in [1.82, 2.24) is 24.6 Å². The van der Waals surface area contributed by atoms with Crippen LogP contribution in [0.15, 0.2) is 89.9 Å². The van der Waals surface area contributed by atoms with Crippen molar-refractivity contribution in [3.05, 3.63) is 146 Å². The SMILES string of the molecule is Cn1cc(C(=O)c2cc(F)c3c(c2)C(=O)N(Cc2ncc(C#N)cn2)C3(OC2CCC(OC(=O)c3ccc(Br)cc3)C2)c2ccc(Cl)cc2)cn1. The summed E-state index contributed by atoms with van der Waals surface area (Å²) in [6.07, 6.45) is 5.56. The molecule has 1 saturated carbocycles. The van der Waals surface area contributed by atoms with E-state index in [4.69, 9.17) is 21.1 Å². The number of rotatable bonds is 9. The number of hydrogen-bond acceptors (Lipinski definition) is 9. The third-order valence-electron chi connectivity index (χ3n) is 8.91. The number of ketones is 1. The van der Waals surface area contributed by atoms with Crippen LogP contribution in [-0.2, 0) is 28.8 Å². The molecule has 256 valence electrons. The molecular formula is C37H27BrClFN6O5. The van der Waals surface area contributed by atoms with E-state index in [2.05, 4.69) is 31.0 Å². The Labute approximate surface area is 304 Å². The van der Waals surface area contributed by atoms with Gasteiger partial charge in [0, 0.05) is 52.7 Å². The number of benzene rings is 3. The van der Waals surface area contributed by atoms with Crippen molar-refractivity contribution in [3.63, 3.8) is 0 Å². The maximum Gasteiger partial charge on any atom is 0.338 e. The van der Waals surface area contributed by atoms with Crippen LogP contribution < -0.4 is 0 Å². The van der Waals surface area contributed by atoms with Gasteiger partial charge in [-0.1, -0.05) is 39.7 Å². The molecule has 0 radical (unpaired) electrons. The summed E-state index contributed by atoms with van der Waals surface area (Å²) in [7, 11) is 1.65. The summed E-state index contributed by atoms with van der Waals surface area (Å²) < 4.78 is 31.9. The molecule has 3 atom stereocenters. The number of aryl methyl sites for hydroxylation is 1. The molecule has 1 aliphatic carbocycles. The summed E-state index contributed by atoms with van der Waals surface area (Å²) in [5, 5.41) is 13.7. The molecule has 3 heterocycles. The van der Waals surface area contributed by atoms with Crippen molar-refractivity contribution in [3.8, 4) is 6.07 Å². The van der Waals surface area contributed by atoms with Crippen molar-refractivity contribution < 1.29 is 28.2 Å². The Balaban J connectivity index is 1.31. The van der Waals surface area contributed by atoms with E-state index < -0.39 is 41.4 Å². The maximum absolute atomic E-state index is 16.8. The lowest BCUT2D eigenvalue weighted by molar-refractivity contribution is -0.149. The highest BCUT2D eigenvalue weighted by molar-refractivity contribution is 9.10. The highest BCUT2D eigenvalue weighted by atomic mass is 79.9. The van der Waals surface area contributed by atoms with Crippen LogP contribution in [-0.4, -0.2) is 54.5 Å². The Bertz CT molecular complexity index is 2210. The molecule has 0 N–H and O–H groups in total. The van der Waals surface area contributed by atoms with Crippen LogP contribution in [0.4, 0.5) is 4.39 Å². The molecule has 0 bridgehead atoms. The van der Waals surface area contributed by atoms with E-state index in [0.717, 1.165) is 10.5 Å². The van der Waals surface area contributed by atoms with E-state index >= 15 is 4.39 Å². The molecular weight excluding hydrogens is 743 g/mol. The average molecular weight is 770 g/mol. The van der Waals surface area contributed by atoms with E-state index in [1.165, 1.54) is 40.4 Å². The Morgan fingerprint density at radius 3 is 2.39 bits per heavy atom. The second-order valence-corrected chi connectivity index (χ2v) is 13.6. The number of nitriles is 1. The molecule has 2 aliphatic rings. The van der Waals surface area contributed by atoms with E-state index in [1.54, 1.807) is 55.6 Å². The number of fused-ring (bicyclic) bond motifs is 1. The van der Waals surface area contributed by atoms with Crippen molar-refractivity contribution in [2.75, 3.05) is 0 Å². The summed E-state index contributed by atoms with van der Waals surface area (Å²) in [5.74, 6) is -2.32. The zero-order valence-electron chi connectivity index (χ0n) is 26.9. The molecule has 0 saturated heterocycles. The van der Waals surface area contributed by atoms with Crippen molar-refractivity contribution in [2.24, 2.45) is 7.05 Å². The van der Waals surface area contributed by atoms with Gasteiger partial charge in [0.2, 0.25) is 5.72 Å². The third-order valence-corrected chi connectivity index (χ3v) is 9.69. The molecule has 51 heavy (non-hydrogen) atoms. The average Bonchev–Trinajstić information content (AvgIpc) is 3.83. The number of esters is 1. The zero-order valence-corrected chi connectivity index (χ0v) is 29.3. The lowest BCUT2D eigenvalue weighted by Crippen LogP contribution is -2.49. The fourth-order valence-corrected chi connectivity index (χ4v) is 6.92. The van der Waals surface area contributed by atoms with Crippen LogP contribution in [0.2, 0.25) is 5.02 Å². The fourth-order valence-electron chi connectivity index (χ4n) is 6.53. The predicted molar refractivity (Wildman–Crippen MR) is 184 cm³/mol. The monoisotopic (exact) mass is 768 g/mol. The quantitative estimate of drug-likeness (QED) is 0.121. The lowest BCUT2D eigenvalue weighted by atomic mass is 9.90. The van der Waals surface area contributed by atoms with Crippen LogP contribution in [0.25, 0.3) is 0 Å². The van der Waals surface area contributed by atoms with E-state index in [9.17, 15) is 19.6 Å². The molecule has 1 fully saturated rings. The number of ether oxygens (including phenoxy) is 2. The molecule has 14 heteroatoms. The first-order valence-electron chi connectivity index (χ1n) is 15.9. The van der Waals surface area contributed by atoms with Gasteiger partial charge in [-0.05, 0) is 61.4 Å². The smallest absolute Gasteiger partial charge is 0.338 e. The Morgan fingerprint density at radius 2 is 1.73 bits per heavy atom. The first-order chi connectivity index (χ1) is 24.5. The van der Waals surface area contributed by atoms with Crippen molar-refractivity contribution in [1.29, 1.82) is 5.26 Å². The Hall–Kier alpha value is -5.29. The summed E-state index contributed by atoms with van der Waals surface area (Å²) >= 11 is 9.66. The van der Waals surface area contributed by atoms with Gasteiger partial charge in [-0.3, -0.25) is 19.2 Å². The van der Waals surface area contributed by atoms with Gasteiger partial charge in [0.05, 0.1) is 46.7 Å². The van der Waals surface area contributed by atoms with Gasteiger partial charge < -0.3 is 9.47 Å². The van der Waals surface area contributed by atoms with Crippen molar-refractivity contribution >= 4 is 45.2 Å². The van der Waals surface area contributed by atoms with Gasteiger partial charge in [-0.25, -0.2) is 19.2 Å². The van der Waals surface area contributed by atoms with Gasteiger partial charge in [-0.2, -0.15) is 10.4 Å². The number of carbonyl (C=O) groups is 3. The van der Waals surface area contributed by atoms with Gasteiger partial charge in [0.25, 0.3) is 5.91 Å². The number of hydrogen-bond donors (Lipinski definition) is 0. The number of aromatic nitrogens is 4. The largest absolute Gasteiger partial charge is 0.459 e. The Morgan fingerprint density at radius 1 is 1.02 bits per heavy atom. The van der Waals surface area contributed by atoms with Gasteiger partial charge in [0.1, 0.15) is 23.8 Å². The highest BCUT2D eigenvalue weighted by Crippen LogP contribution is 2.50. The zero-order chi connectivity index (χ0) is 35.9. The van der Waals surface area contributed by atoms with Crippen LogP contribution >= 0.6 is 27.5 Å². The standard InChI is InChI=1S/C37H27BrClFN6O5/c1-45-19-24(18-44-45)34(47)23-12-30-33(31(40)13-23)37(25-4-8-27(39)9-5-25,46(35(30)48)20-32-42-16-21(15-41)17-43-32)51-29-11-10-28(14-29)50-36(49)22-2-6-26(38)7-3-22/h2-9,12-13,16-19,28-29H,10-11,14,20H2,1H3. The first kappa shape index (κ1) is 34.2. The maximum atomic E-state index is 16.8. The molecule has 3 unspecified atom stereocenters. The summed E-state index contributed by atoms with van der Waals surface area (Å²) in [5.41, 5.74) is -0.896. The van der Waals surface area contributed by atoms with Crippen LogP contribution in [0.3, 0.4) is 0 Å². The topological polar surface area (TPSA) is 140 Å². The summed E-state index contributed by atoms with van der Waals surface area (Å²) in [6, 6.07) is 17.7. The van der Waals surface area contributed by atoms with Crippen LogP contribution in [0.5, 0.6) is 0 Å². The molecule has 1 aliphatic heterocycles. The second-order valence-electron chi connectivity index (χ2n) is 12.2. The first-order valence-corrected chi connectivity index (χ1v) is 17.0. The summed E-state index contributed by atoms with van der Waals surface area (Å²) in [6.45, 7) is -0.248. The molecule has 5 aromatic rings. The second kappa shape index (κ2) is 13.8. The number of amides is 1. The minimum Gasteiger partial charge on any atom is -0.459 e. The minimum atomic E-state index is -1.89. The molecule has 7 rings (SSSR count). The molecule has 11 nitrogen and oxygen atoms in total. The van der Waals surface area contributed by atoms with Gasteiger partial charge in [-0.15, -0.1) is 0 Å².